The molecule has 0 saturated carbocycles. The minimum Gasteiger partial charge on any atom is -0.304 e. The van der Waals surface area contributed by atoms with E-state index in [9.17, 15) is 31.1 Å². The average Bonchev–Trinajstić information content (AvgIpc) is 2.74. The fourth-order valence-electron chi connectivity index (χ4n) is 3.57. The third kappa shape index (κ3) is 5.81. The molecule has 1 atom stereocenters. The first kappa shape index (κ1) is 24.9. The SMILES string of the molecule is Cc1ccc(C(C(=O)N(N)c2cc(C(F)(F)F)cc(C(F)(F)F)c2)N2CCN(C)CC2)cn1. The van der Waals surface area contributed by atoms with E-state index < -0.39 is 41.1 Å². The number of aryl methyl sites for hydroxylation is 1. The van der Waals surface area contributed by atoms with Gasteiger partial charge in [-0.05, 0) is 43.8 Å². The topological polar surface area (TPSA) is 65.7 Å². The van der Waals surface area contributed by atoms with E-state index in [4.69, 9.17) is 5.84 Å². The molecule has 1 aromatic heterocycles. The number of rotatable bonds is 4. The maximum Gasteiger partial charge on any atom is 0.416 e. The molecule has 2 heterocycles. The summed E-state index contributed by atoms with van der Waals surface area (Å²) in [6, 6.07) is 3.14. The Hall–Kier alpha value is -2.70. The van der Waals surface area contributed by atoms with Gasteiger partial charge >= 0.3 is 12.4 Å². The average molecular weight is 475 g/mol. The molecule has 2 N–H and O–H groups in total. The first-order chi connectivity index (χ1) is 15.3. The van der Waals surface area contributed by atoms with Gasteiger partial charge in [0.15, 0.2) is 0 Å². The summed E-state index contributed by atoms with van der Waals surface area (Å²) in [6.07, 6.45) is -8.66. The zero-order chi connectivity index (χ0) is 24.6. The number of hydrogen-bond donors (Lipinski definition) is 1. The summed E-state index contributed by atoms with van der Waals surface area (Å²) in [5.41, 5.74) is -2.69. The van der Waals surface area contributed by atoms with Gasteiger partial charge in [0, 0.05) is 38.1 Å². The lowest BCUT2D eigenvalue weighted by atomic mass is 10.0. The predicted octanol–water partition coefficient (Wildman–Crippen LogP) is 3.62. The van der Waals surface area contributed by atoms with Crippen molar-refractivity contribution < 1.29 is 31.1 Å². The number of anilines is 1. The Labute approximate surface area is 186 Å². The van der Waals surface area contributed by atoms with Crippen LogP contribution in [-0.4, -0.2) is 53.9 Å². The van der Waals surface area contributed by atoms with Gasteiger partial charge in [-0.2, -0.15) is 26.3 Å². The molecule has 0 bridgehead atoms. The standard InChI is InChI=1S/C21H23F6N5O/c1-13-3-4-14(12-29-13)18(31-7-5-30(2)6-8-31)19(33)32(28)17-10-15(20(22,23)24)9-16(11-17)21(25,26)27/h3-4,9-12,18H,5-8,28H2,1-2H3. The lowest BCUT2D eigenvalue weighted by Crippen LogP contribution is -2.52. The van der Waals surface area contributed by atoms with E-state index in [1.807, 2.05) is 11.9 Å². The van der Waals surface area contributed by atoms with Crippen LogP contribution >= 0.6 is 0 Å². The third-order valence-corrected chi connectivity index (χ3v) is 5.47. The second-order valence-corrected chi connectivity index (χ2v) is 7.95. The number of carbonyl (C=O) groups is 1. The van der Waals surface area contributed by atoms with Gasteiger partial charge in [-0.25, -0.2) is 10.9 Å². The van der Waals surface area contributed by atoms with Crippen LogP contribution in [0.5, 0.6) is 0 Å². The van der Waals surface area contributed by atoms with Crippen molar-refractivity contribution in [2.75, 3.05) is 38.2 Å². The van der Waals surface area contributed by atoms with Crippen LogP contribution in [0.2, 0.25) is 0 Å². The van der Waals surface area contributed by atoms with E-state index in [0.29, 0.717) is 54.6 Å². The fraction of sp³-hybridized carbons (Fsp3) is 0.429. The van der Waals surface area contributed by atoms with E-state index in [1.54, 1.807) is 24.0 Å². The number of nitrogens with zero attached hydrogens (tertiary/aromatic N) is 4. The number of nitrogens with two attached hydrogens (primary N) is 1. The lowest BCUT2D eigenvalue weighted by molar-refractivity contribution is -0.143. The number of aromatic nitrogens is 1. The molecular formula is C21H23F6N5O. The summed E-state index contributed by atoms with van der Waals surface area (Å²) in [4.78, 5) is 21.4. The number of halogens is 6. The van der Waals surface area contributed by atoms with Crippen molar-refractivity contribution in [1.29, 1.82) is 0 Å². The first-order valence-electron chi connectivity index (χ1n) is 10.0. The number of carbonyl (C=O) groups excluding carboxylic acids is 1. The molecule has 33 heavy (non-hydrogen) atoms. The molecule has 6 nitrogen and oxygen atoms in total. The molecule has 12 heteroatoms. The molecule has 3 rings (SSSR count). The molecule has 1 amide bonds. The Morgan fingerprint density at radius 3 is 2.00 bits per heavy atom. The minimum atomic E-state index is -5.06. The molecule has 1 unspecified atom stereocenters. The zero-order valence-electron chi connectivity index (χ0n) is 17.9. The van der Waals surface area contributed by atoms with Crippen molar-refractivity contribution in [3.63, 3.8) is 0 Å². The maximum atomic E-state index is 13.4. The summed E-state index contributed by atoms with van der Waals surface area (Å²) in [6.45, 7) is 3.88. The Morgan fingerprint density at radius 1 is 1.00 bits per heavy atom. The highest BCUT2D eigenvalue weighted by Crippen LogP contribution is 2.38. The van der Waals surface area contributed by atoms with Crippen LogP contribution < -0.4 is 10.9 Å². The quantitative estimate of drug-likeness (QED) is 0.317. The van der Waals surface area contributed by atoms with E-state index in [2.05, 4.69) is 4.98 Å². The van der Waals surface area contributed by atoms with Crippen LogP contribution in [0, 0.1) is 6.92 Å². The number of likely N-dealkylation sites (N-methyl/N-ethyl adjacent to an activating group) is 1. The summed E-state index contributed by atoms with van der Waals surface area (Å²) in [5.74, 6) is 4.99. The smallest absolute Gasteiger partial charge is 0.304 e. The maximum absolute atomic E-state index is 13.4. The molecule has 1 fully saturated rings. The molecule has 1 saturated heterocycles. The molecular weight excluding hydrogens is 452 g/mol. The number of piperazine rings is 1. The summed E-state index contributed by atoms with van der Waals surface area (Å²) < 4.78 is 79.5. The van der Waals surface area contributed by atoms with Crippen LogP contribution in [0.15, 0.2) is 36.5 Å². The number of alkyl halides is 6. The Kier molecular flexibility index (Phi) is 7.01. The molecule has 0 radical (unpaired) electrons. The molecule has 0 spiro atoms. The largest absolute Gasteiger partial charge is 0.416 e. The number of hydrogen-bond acceptors (Lipinski definition) is 5. The van der Waals surface area contributed by atoms with Crippen molar-refractivity contribution in [2.45, 2.75) is 25.3 Å². The van der Waals surface area contributed by atoms with Gasteiger partial charge in [-0.1, -0.05) is 6.07 Å². The normalized spacial score (nSPS) is 17.1. The Bertz CT molecular complexity index is 952. The minimum absolute atomic E-state index is 0.0103. The lowest BCUT2D eigenvalue weighted by Gasteiger charge is -2.38. The first-order valence-corrected chi connectivity index (χ1v) is 10.0. The van der Waals surface area contributed by atoms with Crippen LogP contribution in [0.3, 0.4) is 0 Å². The fourth-order valence-corrected chi connectivity index (χ4v) is 3.57. The van der Waals surface area contributed by atoms with Crippen molar-refractivity contribution in [3.05, 3.63) is 58.9 Å². The number of hydrazine groups is 1. The molecule has 1 aliphatic heterocycles. The molecule has 1 aromatic carbocycles. The van der Waals surface area contributed by atoms with Gasteiger partial charge in [0.2, 0.25) is 0 Å². The summed E-state index contributed by atoms with van der Waals surface area (Å²) >= 11 is 0. The highest BCUT2D eigenvalue weighted by atomic mass is 19.4. The number of amides is 1. The molecule has 0 aliphatic carbocycles. The second-order valence-electron chi connectivity index (χ2n) is 7.95. The molecule has 180 valence electrons. The molecule has 2 aromatic rings. The van der Waals surface area contributed by atoms with Gasteiger partial charge in [-0.15, -0.1) is 0 Å². The van der Waals surface area contributed by atoms with Crippen LogP contribution in [0.1, 0.15) is 28.4 Å². The van der Waals surface area contributed by atoms with Gasteiger partial charge < -0.3 is 4.90 Å². The van der Waals surface area contributed by atoms with E-state index >= 15 is 0 Å². The van der Waals surface area contributed by atoms with E-state index in [-0.39, 0.29) is 6.07 Å². The van der Waals surface area contributed by atoms with Gasteiger partial charge in [0.1, 0.15) is 6.04 Å². The van der Waals surface area contributed by atoms with Gasteiger partial charge in [-0.3, -0.25) is 14.7 Å². The highest BCUT2D eigenvalue weighted by molar-refractivity contribution is 5.97. The van der Waals surface area contributed by atoms with E-state index in [0.717, 1.165) is 0 Å². The van der Waals surface area contributed by atoms with Crippen molar-refractivity contribution in [1.82, 2.24) is 14.8 Å². The van der Waals surface area contributed by atoms with Crippen molar-refractivity contribution in [3.8, 4) is 0 Å². The number of pyridine rings is 1. The van der Waals surface area contributed by atoms with Crippen molar-refractivity contribution >= 4 is 11.6 Å². The second kappa shape index (κ2) is 9.27. The van der Waals surface area contributed by atoms with Crippen LogP contribution in [-0.2, 0) is 17.1 Å². The van der Waals surface area contributed by atoms with Crippen LogP contribution in [0.4, 0.5) is 32.0 Å². The molecule has 1 aliphatic rings. The Balaban J connectivity index is 2.03. The summed E-state index contributed by atoms with van der Waals surface area (Å²) in [7, 11) is 1.90. The number of benzene rings is 1. The predicted molar refractivity (Wildman–Crippen MR) is 109 cm³/mol. The summed E-state index contributed by atoms with van der Waals surface area (Å²) in [5, 5.41) is 0.354. The van der Waals surface area contributed by atoms with Crippen molar-refractivity contribution in [2.24, 2.45) is 5.84 Å². The highest BCUT2D eigenvalue weighted by Gasteiger charge is 2.39. The zero-order valence-corrected chi connectivity index (χ0v) is 17.9. The van der Waals surface area contributed by atoms with Crippen LogP contribution in [0.25, 0.3) is 0 Å². The van der Waals surface area contributed by atoms with Gasteiger partial charge in [0.25, 0.3) is 5.91 Å². The monoisotopic (exact) mass is 475 g/mol. The Morgan fingerprint density at radius 2 is 1.55 bits per heavy atom. The van der Waals surface area contributed by atoms with E-state index in [1.165, 1.54) is 6.20 Å². The third-order valence-electron chi connectivity index (χ3n) is 5.47. The van der Waals surface area contributed by atoms with Gasteiger partial charge in [0.05, 0.1) is 16.8 Å².